The number of aromatic amines is 1. The summed E-state index contributed by atoms with van der Waals surface area (Å²) in [5.74, 6) is 2.14. The molecule has 80 valence electrons. The summed E-state index contributed by atoms with van der Waals surface area (Å²) in [5, 5.41) is 7.80. The molecule has 1 atom stereocenters. The standard InChI is InChI=1S/C11H15N3S/c1-7(2)8(3)9-4-5-10(15-9)11-12-6-13-14-11/h4-8H,1-3H3,(H,12,13,14). The highest BCUT2D eigenvalue weighted by atomic mass is 32.1. The minimum atomic E-state index is 0.603. The maximum absolute atomic E-state index is 4.01. The molecule has 0 aromatic carbocycles. The Hall–Kier alpha value is -1.16. The van der Waals surface area contributed by atoms with Crippen molar-refractivity contribution in [1.82, 2.24) is 15.2 Å². The van der Waals surface area contributed by atoms with Crippen LogP contribution in [0.1, 0.15) is 31.6 Å². The van der Waals surface area contributed by atoms with E-state index in [1.54, 1.807) is 17.7 Å². The molecule has 2 rings (SSSR count). The molecule has 0 fully saturated rings. The molecule has 0 amide bonds. The first-order valence-corrected chi connectivity index (χ1v) is 5.96. The van der Waals surface area contributed by atoms with Gasteiger partial charge in [-0.25, -0.2) is 0 Å². The zero-order valence-electron chi connectivity index (χ0n) is 9.19. The van der Waals surface area contributed by atoms with Crippen LogP contribution >= 0.6 is 11.3 Å². The van der Waals surface area contributed by atoms with Crippen LogP contribution in [0.25, 0.3) is 10.7 Å². The SMILES string of the molecule is CC(C)C(C)c1ccc(-c2nnc[nH]2)s1. The van der Waals surface area contributed by atoms with Crippen molar-refractivity contribution in [2.75, 3.05) is 0 Å². The highest BCUT2D eigenvalue weighted by Gasteiger charge is 2.13. The Labute approximate surface area is 93.6 Å². The van der Waals surface area contributed by atoms with Crippen LogP contribution in [0.15, 0.2) is 18.5 Å². The number of hydrogen-bond acceptors (Lipinski definition) is 3. The van der Waals surface area contributed by atoms with Gasteiger partial charge in [0.15, 0.2) is 5.82 Å². The molecule has 0 aliphatic carbocycles. The lowest BCUT2D eigenvalue weighted by Gasteiger charge is -2.12. The van der Waals surface area contributed by atoms with Gasteiger partial charge in [0.25, 0.3) is 0 Å². The van der Waals surface area contributed by atoms with E-state index in [0.717, 1.165) is 10.7 Å². The van der Waals surface area contributed by atoms with Gasteiger partial charge < -0.3 is 4.98 Å². The summed E-state index contributed by atoms with van der Waals surface area (Å²) in [6, 6.07) is 4.30. The molecule has 0 saturated heterocycles. The summed E-state index contributed by atoms with van der Waals surface area (Å²) in [6.07, 6.45) is 1.61. The second kappa shape index (κ2) is 4.14. The van der Waals surface area contributed by atoms with Crippen molar-refractivity contribution < 1.29 is 0 Å². The van der Waals surface area contributed by atoms with Crippen LogP contribution in [-0.4, -0.2) is 15.2 Å². The molecule has 1 unspecified atom stereocenters. The van der Waals surface area contributed by atoms with Gasteiger partial charge in [0, 0.05) is 4.88 Å². The largest absolute Gasteiger partial charge is 0.327 e. The van der Waals surface area contributed by atoms with Crippen molar-refractivity contribution in [2.45, 2.75) is 26.7 Å². The average molecular weight is 221 g/mol. The molecular weight excluding hydrogens is 206 g/mol. The van der Waals surface area contributed by atoms with E-state index in [1.807, 2.05) is 0 Å². The minimum absolute atomic E-state index is 0.603. The second-order valence-corrected chi connectivity index (χ2v) is 5.19. The van der Waals surface area contributed by atoms with Crippen molar-refractivity contribution in [3.05, 3.63) is 23.3 Å². The van der Waals surface area contributed by atoms with Crippen LogP contribution in [0.5, 0.6) is 0 Å². The predicted octanol–water partition coefficient (Wildman–Crippen LogP) is 3.29. The number of thiophene rings is 1. The fourth-order valence-electron chi connectivity index (χ4n) is 1.38. The number of hydrogen-bond donors (Lipinski definition) is 1. The van der Waals surface area contributed by atoms with Crippen LogP contribution in [0.3, 0.4) is 0 Å². The van der Waals surface area contributed by atoms with E-state index in [2.05, 4.69) is 48.1 Å². The molecule has 15 heavy (non-hydrogen) atoms. The minimum Gasteiger partial charge on any atom is -0.327 e. The Morgan fingerprint density at radius 1 is 1.27 bits per heavy atom. The van der Waals surface area contributed by atoms with Crippen molar-refractivity contribution in [2.24, 2.45) is 5.92 Å². The van der Waals surface area contributed by atoms with Crippen LogP contribution in [-0.2, 0) is 0 Å². The molecule has 2 aromatic rings. The third kappa shape index (κ3) is 2.09. The van der Waals surface area contributed by atoms with E-state index in [0.29, 0.717) is 11.8 Å². The molecule has 0 saturated carbocycles. The van der Waals surface area contributed by atoms with Crippen LogP contribution in [0.2, 0.25) is 0 Å². The van der Waals surface area contributed by atoms with Gasteiger partial charge in [-0.05, 0) is 24.0 Å². The Kier molecular flexibility index (Phi) is 2.86. The molecule has 2 heterocycles. The zero-order valence-corrected chi connectivity index (χ0v) is 10.0. The van der Waals surface area contributed by atoms with Crippen molar-refractivity contribution in [3.63, 3.8) is 0 Å². The number of H-pyrrole nitrogens is 1. The quantitative estimate of drug-likeness (QED) is 0.864. The average Bonchev–Trinajstić information content (AvgIpc) is 2.86. The van der Waals surface area contributed by atoms with Crippen molar-refractivity contribution in [1.29, 1.82) is 0 Å². The van der Waals surface area contributed by atoms with Gasteiger partial charge in [0.2, 0.25) is 0 Å². The highest BCUT2D eigenvalue weighted by molar-refractivity contribution is 7.15. The molecule has 3 nitrogen and oxygen atoms in total. The normalized spacial score (nSPS) is 13.3. The van der Waals surface area contributed by atoms with Crippen LogP contribution < -0.4 is 0 Å². The molecular formula is C11H15N3S. The Balaban J connectivity index is 2.25. The number of nitrogens with one attached hydrogen (secondary N) is 1. The Bertz CT molecular complexity index is 417. The van der Waals surface area contributed by atoms with E-state index in [4.69, 9.17) is 0 Å². The van der Waals surface area contributed by atoms with Crippen molar-refractivity contribution >= 4 is 11.3 Å². The first-order chi connectivity index (χ1) is 7.18. The number of rotatable bonds is 3. The Morgan fingerprint density at radius 3 is 2.67 bits per heavy atom. The van der Waals surface area contributed by atoms with Gasteiger partial charge in [-0.3, -0.25) is 0 Å². The lowest BCUT2D eigenvalue weighted by Crippen LogP contribution is -1.98. The first-order valence-electron chi connectivity index (χ1n) is 5.14. The predicted molar refractivity (Wildman–Crippen MR) is 62.9 cm³/mol. The summed E-state index contributed by atoms with van der Waals surface area (Å²) in [4.78, 5) is 5.60. The smallest absolute Gasteiger partial charge is 0.171 e. The van der Waals surface area contributed by atoms with Gasteiger partial charge >= 0.3 is 0 Å². The topological polar surface area (TPSA) is 41.6 Å². The third-order valence-corrected chi connectivity index (χ3v) is 4.02. The first kappa shape index (κ1) is 10.4. The van der Waals surface area contributed by atoms with E-state index < -0.39 is 0 Å². The highest BCUT2D eigenvalue weighted by Crippen LogP contribution is 2.33. The number of nitrogens with zero attached hydrogens (tertiary/aromatic N) is 2. The zero-order chi connectivity index (χ0) is 10.8. The third-order valence-electron chi connectivity index (χ3n) is 2.73. The molecule has 4 heteroatoms. The van der Waals surface area contributed by atoms with Gasteiger partial charge in [-0.1, -0.05) is 20.8 Å². The summed E-state index contributed by atoms with van der Waals surface area (Å²) < 4.78 is 0. The summed E-state index contributed by atoms with van der Waals surface area (Å²) >= 11 is 1.79. The van der Waals surface area contributed by atoms with E-state index >= 15 is 0 Å². The molecule has 0 aliphatic heterocycles. The summed E-state index contributed by atoms with van der Waals surface area (Å²) in [7, 11) is 0. The lowest BCUT2D eigenvalue weighted by atomic mass is 9.97. The van der Waals surface area contributed by atoms with Crippen LogP contribution in [0, 0.1) is 5.92 Å². The fraction of sp³-hybridized carbons (Fsp3) is 0.455. The van der Waals surface area contributed by atoms with Gasteiger partial charge in [-0.15, -0.1) is 21.5 Å². The fourth-order valence-corrected chi connectivity index (χ4v) is 2.56. The Morgan fingerprint density at radius 2 is 2.07 bits per heavy atom. The summed E-state index contributed by atoms with van der Waals surface area (Å²) in [6.45, 7) is 6.76. The molecule has 0 spiro atoms. The van der Waals surface area contributed by atoms with E-state index in [-0.39, 0.29) is 0 Å². The summed E-state index contributed by atoms with van der Waals surface area (Å²) in [5.41, 5.74) is 0. The lowest BCUT2D eigenvalue weighted by molar-refractivity contribution is 0.542. The maximum Gasteiger partial charge on any atom is 0.171 e. The van der Waals surface area contributed by atoms with E-state index in [9.17, 15) is 0 Å². The molecule has 2 aromatic heterocycles. The van der Waals surface area contributed by atoms with Gasteiger partial charge in [0.1, 0.15) is 6.33 Å². The van der Waals surface area contributed by atoms with Gasteiger partial charge in [-0.2, -0.15) is 0 Å². The molecule has 1 N–H and O–H groups in total. The molecule has 0 bridgehead atoms. The van der Waals surface area contributed by atoms with E-state index in [1.165, 1.54) is 4.88 Å². The van der Waals surface area contributed by atoms with Crippen LogP contribution in [0.4, 0.5) is 0 Å². The van der Waals surface area contributed by atoms with Crippen molar-refractivity contribution in [3.8, 4) is 10.7 Å². The molecule has 0 radical (unpaired) electrons. The van der Waals surface area contributed by atoms with Gasteiger partial charge in [0.05, 0.1) is 4.88 Å². The monoisotopic (exact) mass is 221 g/mol. The maximum atomic E-state index is 4.01. The second-order valence-electron chi connectivity index (χ2n) is 4.07. The number of aromatic nitrogens is 3. The molecule has 0 aliphatic rings.